The fraction of sp³-hybridized carbons (Fsp3) is 0.167. The third-order valence-electron chi connectivity index (χ3n) is 6.30. The molecule has 4 heterocycles. The number of nitrogens with one attached hydrogen (secondary N) is 1. The SMILES string of the molecule is Nc1ncnc2c1c(-c1cc3cc(O)ccc3[nH]1)nn2Cc1ccc2c(c1)CCN(C(=O)O)C2. The van der Waals surface area contributed by atoms with E-state index in [1.807, 2.05) is 24.3 Å². The lowest BCUT2D eigenvalue weighted by Gasteiger charge is -2.26. The smallest absolute Gasteiger partial charge is 0.407 e. The van der Waals surface area contributed by atoms with Gasteiger partial charge in [-0.05, 0) is 47.4 Å². The molecule has 2 aromatic carbocycles. The number of aromatic hydroxyl groups is 1. The number of phenolic OH excluding ortho intramolecular Hbond substituents is 1. The molecule has 0 saturated heterocycles. The lowest BCUT2D eigenvalue weighted by atomic mass is 9.97. The number of nitrogens with two attached hydrogens (primary N) is 1. The van der Waals surface area contributed by atoms with Crippen LogP contribution >= 0.6 is 0 Å². The molecular weight excluding hydrogens is 434 g/mol. The van der Waals surface area contributed by atoms with Crippen LogP contribution in [0.3, 0.4) is 0 Å². The van der Waals surface area contributed by atoms with Crippen LogP contribution in [0.5, 0.6) is 5.75 Å². The van der Waals surface area contributed by atoms with Gasteiger partial charge in [0.25, 0.3) is 0 Å². The van der Waals surface area contributed by atoms with Gasteiger partial charge in [-0.2, -0.15) is 5.10 Å². The first-order valence-electron chi connectivity index (χ1n) is 10.8. The van der Waals surface area contributed by atoms with Crippen molar-refractivity contribution in [3.05, 3.63) is 65.5 Å². The van der Waals surface area contributed by atoms with Gasteiger partial charge in [0.1, 0.15) is 23.6 Å². The van der Waals surface area contributed by atoms with E-state index in [1.165, 1.54) is 11.2 Å². The van der Waals surface area contributed by atoms with E-state index in [0.717, 1.165) is 33.3 Å². The first kappa shape index (κ1) is 20.0. The first-order chi connectivity index (χ1) is 16.5. The monoisotopic (exact) mass is 455 g/mol. The highest BCUT2D eigenvalue weighted by atomic mass is 16.4. The first-order valence-corrected chi connectivity index (χ1v) is 10.8. The van der Waals surface area contributed by atoms with Crippen molar-refractivity contribution in [1.82, 2.24) is 29.6 Å². The van der Waals surface area contributed by atoms with Gasteiger partial charge in [-0.3, -0.25) is 0 Å². The summed E-state index contributed by atoms with van der Waals surface area (Å²) < 4.78 is 1.81. The van der Waals surface area contributed by atoms with E-state index in [-0.39, 0.29) is 5.75 Å². The minimum atomic E-state index is -0.894. The average Bonchev–Trinajstić information content (AvgIpc) is 3.40. The van der Waals surface area contributed by atoms with Crippen LogP contribution in [0.1, 0.15) is 16.7 Å². The Morgan fingerprint density at radius 3 is 2.85 bits per heavy atom. The van der Waals surface area contributed by atoms with E-state index in [0.29, 0.717) is 48.6 Å². The number of benzene rings is 2. The molecule has 0 unspecified atom stereocenters. The largest absolute Gasteiger partial charge is 0.508 e. The second-order valence-electron chi connectivity index (χ2n) is 8.48. The normalized spacial score (nSPS) is 13.5. The molecule has 5 N–H and O–H groups in total. The van der Waals surface area contributed by atoms with Crippen LogP contribution in [0.4, 0.5) is 10.6 Å². The van der Waals surface area contributed by atoms with Crippen LogP contribution in [0, 0.1) is 0 Å². The number of amides is 1. The van der Waals surface area contributed by atoms with E-state index in [4.69, 9.17) is 10.8 Å². The van der Waals surface area contributed by atoms with Crippen LogP contribution in [-0.4, -0.2) is 52.5 Å². The van der Waals surface area contributed by atoms with Crippen molar-refractivity contribution >= 4 is 33.8 Å². The Kier molecular flexibility index (Phi) is 4.41. The number of aromatic nitrogens is 5. The van der Waals surface area contributed by atoms with Gasteiger partial charge in [-0.1, -0.05) is 18.2 Å². The fourth-order valence-corrected chi connectivity index (χ4v) is 4.62. The Balaban J connectivity index is 1.40. The summed E-state index contributed by atoms with van der Waals surface area (Å²) >= 11 is 0. The summed E-state index contributed by atoms with van der Waals surface area (Å²) in [7, 11) is 0. The highest BCUT2D eigenvalue weighted by Crippen LogP contribution is 2.33. The highest BCUT2D eigenvalue weighted by molar-refractivity contribution is 6.00. The summed E-state index contributed by atoms with van der Waals surface area (Å²) in [5, 5.41) is 25.4. The highest BCUT2D eigenvalue weighted by Gasteiger charge is 2.22. The minimum Gasteiger partial charge on any atom is -0.508 e. The number of hydrogen-bond acceptors (Lipinski definition) is 6. The van der Waals surface area contributed by atoms with Crippen LogP contribution in [-0.2, 0) is 19.5 Å². The number of rotatable bonds is 3. The van der Waals surface area contributed by atoms with E-state index < -0.39 is 6.09 Å². The Bertz CT molecular complexity index is 1590. The minimum absolute atomic E-state index is 0.190. The van der Waals surface area contributed by atoms with E-state index >= 15 is 0 Å². The van der Waals surface area contributed by atoms with Crippen molar-refractivity contribution in [2.75, 3.05) is 12.3 Å². The number of nitrogen functional groups attached to an aromatic ring is 1. The van der Waals surface area contributed by atoms with Gasteiger partial charge in [0, 0.05) is 24.0 Å². The molecule has 1 aliphatic rings. The summed E-state index contributed by atoms with van der Waals surface area (Å²) in [6.45, 7) is 1.36. The number of anilines is 1. The Morgan fingerprint density at radius 1 is 1.12 bits per heavy atom. The van der Waals surface area contributed by atoms with Gasteiger partial charge in [0.05, 0.1) is 17.6 Å². The maximum absolute atomic E-state index is 11.3. The van der Waals surface area contributed by atoms with Gasteiger partial charge in [0.2, 0.25) is 0 Å². The van der Waals surface area contributed by atoms with Crippen LogP contribution in [0.15, 0.2) is 48.8 Å². The molecule has 3 aromatic heterocycles. The molecule has 1 aliphatic heterocycles. The summed E-state index contributed by atoms with van der Waals surface area (Å²) in [5.41, 5.74) is 12.3. The average molecular weight is 455 g/mol. The van der Waals surface area contributed by atoms with Gasteiger partial charge < -0.3 is 25.8 Å². The molecule has 6 rings (SSSR count). The Hall–Kier alpha value is -4.60. The standard InChI is InChI=1S/C24H21N7O3/c25-22-20-21(19-9-16-8-17(32)3-4-18(16)28-19)29-31(23(20)27-12-26-22)10-13-1-2-15-11-30(24(33)34)6-5-14(15)7-13/h1-4,7-9,12,28,32H,5-6,10-11H2,(H,33,34)(H2,25,26,27). The molecule has 34 heavy (non-hydrogen) atoms. The molecule has 170 valence electrons. The van der Waals surface area contributed by atoms with Gasteiger partial charge in [-0.25, -0.2) is 19.4 Å². The third-order valence-corrected chi connectivity index (χ3v) is 6.30. The molecule has 0 atom stereocenters. The van der Waals surface area contributed by atoms with Crippen LogP contribution in [0.2, 0.25) is 0 Å². The summed E-state index contributed by atoms with van der Waals surface area (Å²) in [5.74, 6) is 0.530. The van der Waals surface area contributed by atoms with Gasteiger partial charge in [-0.15, -0.1) is 0 Å². The number of phenols is 1. The molecule has 0 fully saturated rings. The lowest BCUT2D eigenvalue weighted by molar-refractivity contribution is 0.140. The maximum Gasteiger partial charge on any atom is 0.407 e. The molecule has 0 bridgehead atoms. The van der Waals surface area contributed by atoms with Gasteiger partial charge in [0.15, 0.2) is 5.65 Å². The molecule has 0 radical (unpaired) electrons. The van der Waals surface area contributed by atoms with Crippen molar-refractivity contribution in [3.63, 3.8) is 0 Å². The summed E-state index contributed by atoms with van der Waals surface area (Å²) in [6, 6.07) is 13.1. The number of carbonyl (C=O) groups is 1. The fourth-order valence-electron chi connectivity index (χ4n) is 4.62. The zero-order valence-electron chi connectivity index (χ0n) is 18.1. The van der Waals surface area contributed by atoms with Crippen molar-refractivity contribution in [3.8, 4) is 17.1 Å². The lowest BCUT2D eigenvalue weighted by Crippen LogP contribution is -2.34. The van der Waals surface area contributed by atoms with Crippen molar-refractivity contribution in [2.24, 2.45) is 0 Å². The number of aromatic amines is 1. The predicted octanol–water partition coefficient (Wildman–Crippen LogP) is 3.35. The molecule has 0 aliphatic carbocycles. The number of fused-ring (bicyclic) bond motifs is 3. The number of H-pyrrole nitrogens is 1. The molecule has 0 spiro atoms. The Labute approximate surface area is 193 Å². The van der Waals surface area contributed by atoms with Gasteiger partial charge >= 0.3 is 6.09 Å². The molecular formula is C24H21N7O3. The zero-order chi connectivity index (χ0) is 23.4. The molecule has 5 aromatic rings. The van der Waals surface area contributed by atoms with Crippen LogP contribution in [0.25, 0.3) is 33.3 Å². The summed E-state index contributed by atoms with van der Waals surface area (Å²) in [4.78, 5) is 24.7. The number of nitrogens with zero attached hydrogens (tertiary/aromatic N) is 5. The van der Waals surface area contributed by atoms with Crippen molar-refractivity contribution in [2.45, 2.75) is 19.5 Å². The van der Waals surface area contributed by atoms with E-state index in [9.17, 15) is 15.0 Å². The van der Waals surface area contributed by atoms with Crippen LogP contribution < -0.4 is 5.73 Å². The van der Waals surface area contributed by atoms with E-state index in [1.54, 1.807) is 16.8 Å². The predicted molar refractivity (Wildman–Crippen MR) is 126 cm³/mol. The molecule has 10 nitrogen and oxygen atoms in total. The third kappa shape index (κ3) is 3.27. The quantitative estimate of drug-likeness (QED) is 0.326. The topological polar surface area (TPSA) is 146 Å². The zero-order valence-corrected chi connectivity index (χ0v) is 18.1. The summed E-state index contributed by atoms with van der Waals surface area (Å²) in [6.07, 6.45) is 1.21. The molecule has 10 heteroatoms. The second-order valence-corrected chi connectivity index (χ2v) is 8.48. The Morgan fingerprint density at radius 2 is 2.00 bits per heavy atom. The van der Waals surface area contributed by atoms with Crippen molar-refractivity contribution < 1.29 is 15.0 Å². The molecule has 1 amide bonds. The number of carboxylic acid groups (broad SMARTS) is 1. The number of hydrogen-bond donors (Lipinski definition) is 4. The second kappa shape index (κ2) is 7.48. The maximum atomic E-state index is 11.3. The van der Waals surface area contributed by atoms with E-state index in [2.05, 4.69) is 21.0 Å². The van der Waals surface area contributed by atoms with Crippen molar-refractivity contribution in [1.29, 1.82) is 0 Å². The molecule has 0 saturated carbocycles.